The highest BCUT2D eigenvalue weighted by Gasteiger charge is 2.29. The first-order valence-electron chi connectivity index (χ1n) is 7.94. The molecule has 0 spiro atoms. The molecule has 1 N–H and O–H groups in total. The van der Waals surface area contributed by atoms with Crippen LogP contribution in [-0.2, 0) is 0 Å². The van der Waals surface area contributed by atoms with E-state index in [4.69, 9.17) is 11.6 Å². The number of likely N-dealkylation sites (tertiary alicyclic amines) is 1. The summed E-state index contributed by atoms with van der Waals surface area (Å²) >= 11 is 5.88. The van der Waals surface area contributed by atoms with Gasteiger partial charge in [0.15, 0.2) is 0 Å². The van der Waals surface area contributed by atoms with E-state index in [2.05, 4.69) is 11.8 Å². The smallest absolute Gasteiger partial charge is 0.253 e. The molecule has 22 heavy (non-hydrogen) atoms. The molecular formula is C17H25ClN2O2. The number of carbonyl (C=O) groups excluding carboxylic acids is 1. The molecule has 1 aliphatic rings. The van der Waals surface area contributed by atoms with Gasteiger partial charge in [-0.15, -0.1) is 0 Å². The van der Waals surface area contributed by atoms with E-state index in [1.54, 1.807) is 24.3 Å². The lowest BCUT2D eigenvalue weighted by Gasteiger charge is -2.40. The topological polar surface area (TPSA) is 43.8 Å². The number of β-amino-alcohol motifs (C(OH)–C–C–N with tert-alkyl or cyclic N) is 1. The minimum atomic E-state index is -0.205. The Kier molecular flexibility index (Phi) is 6.24. The molecule has 1 aromatic carbocycles. The SMILES string of the molecule is CCCCC(CN1CC(O)C1)N(C)C(=O)c1ccc(Cl)cc1. The van der Waals surface area contributed by atoms with Crippen molar-refractivity contribution >= 4 is 17.5 Å². The zero-order valence-electron chi connectivity index (χ0n) is 13.3. The zero-order chi connectivity index (χ0) is 16.1. The van der Waals surface area contributed by atoms with Gasteiger partial charge in [-0.2, -0.15) is 0 Å². The molecule has 1 aromatic rings. The number of hydrogen-bond donors (Lipinski definition) is 1. The van der Waals surface area contributed by atoms with E-state index >= 15 is 0 Å². The molecule has 2 rings (SSSR count). The van der Waals surface area contributed by atoms with E-state index in [1.165, 1.54) is 0 Å². The van der Waals surface area contributed by atoms with E-state index < -0.39 is 0 Å². The maximum atomic E-state index is 12.6. The van der Waals surface area contributed by atoms with Crippen molar-refractivity contribution in [2.75, 3.05) is 26.7 Å². The second-order valence-electron chi connectivity index (χ2n) is 6.09. The van der Waals surface area contributed by atoms with Crippen LogP contribution < -0.4 is 0 Å². The summed E-state index contributed by atoms with van der Waals surface area (Å²) in [5, 5.41) is 10.1. The Balaban J connectivity index is 2.01. The van der Waals surface area contributed by atoms with Crippen molar-refractivity contribution < 1.29 is 9.90 Å². The predicted octanol–water partition coefficient (Wildman–Crippen LogP) is 2.65. The number of amides is 1. The number of carbonyl (C=O) groups is 1. The first-order valence-corrected chi connectivity index (χ1v) is 8.32. The summed E-state index contributed by atoms with van der Waals surface area (Å²) in [6.45, 7) is 4.41. The Bertz CT molecular complexity index is 486. The second-order valence-corrected chi connectivity index (χ2v) is 6.53. The van der Waals surface area contributed by atoms with Crippen molar-refractivity contribution in [2.24, 2.45) is 0 Å². The Morgan fingerprint density at radius 2 is 2.05 bits per heavy atom. The summed E-state index contributed by atoms with van der Waals surface area (Å²) in [5.74, 6) is 0.0267. The highest BCUT2D eigenvalue weighted by molar-refractivity contribution is 6.30. The molecule has 4 nitrogen and oxygen atoms in total. The Morgan fingerprint density at radius 1 is 1.41 bits per heavy atom. The van der Waals surface area contributed by atoms with Gasteiger partial charge in [0.05, 0.1) is 6.10 Å². The van der Waals surface area contributed by atoms with Gasteiger partial charge >= 0.3 is 0 Å². The van der Waals surface area contributed by atoms with E-state index in [9.17, 15) is 9.90 Å². The number of unbranched alkanes of at least 4 members (excludes halogenated alkanes) is 1. The van der Waals surface area contributed by atoms with Crippen LogP contribution in [0.1, 0.15) is 36.5 Å². The number of halogens is 1. The fourth-order valence-corrected chi connectivity index (χ4v) is 2.92. The third-order valence-electron chi connectivity index (χ3n) is 4.26. The number of benzene rings is 1. The van der Waals surface area contributed by atoms with Crippen LogP contribution in [-0.4, -0.2) is 59.6 Å². The minimum Gasteiger partial charge on any atom is -0.390 e. The number of aliphatic hydroxyl groups excluding tert-OH is 1. The van der Waals surface area contributed by atoms with Crippen molar-refractivity contribution in [3.8, 4) is 0 Å². The van der Waals surface area contributed by atoms with Gasteiger partial charge in [0.1, 0.15) is 0 Å². The Morgan fingerprint density at radius 3 is 2.59 bits per heavy atom. The maximum Gasteiger partial charge on any atom is 0.253 e. The number of likely N-dealkylation sites (N-methyl/N-ethyl adjacent to an activating group) is 1. The van der Waals surface area contributed by atoms with Crippen molar-refractivity contribution in [2.45, 2.75) is 38.3 Å². The molecule has 122 valence electrons. The van der Waals surface area contributed by atoms with Gasteiger partial charge in [0, 0.05) is 43.3 Å². The van der Waals surface area contributed by atoms with Gasteiger partial charge in [0.2, 0.25) is 0 Å². The summed E-state index contributed by atoms with van der Waals surface area (Å²) in [5.41, 5.74) is 0.664. The van der Waals surface area contributed by atoms with Crippen molar-refractivity contribution in [3.63, 3.8) is 0 Å². The van der Waals surface area contributed by atoms with Crippen LogP contribution >= 0.6 is 11.6 Å². The molecule has 1 fully saturated rings. The molecule has 1 heterocycles. The fourth-order valence-electron chi connectivity index (χ4n) is 2.80. The van der Waals surface area contributed by atoms with Gasteiger partial charge in [-0.3, -0.25) is 9.69 Å². The largest absolute Gasteiger partial charge is 0.390 e. The van der Waals surface area contributed by atoms with Crippen molar-refractivity contribution in [3.05, 3.63) is 34.9 Å². The van der Waals surface area contributed by atoms with Gasteiger partial charge < -0.3 is 10.0 Å². The van der Waals surface area contributed by atoms with E-state index in [1.807, 2.05) is 11.9 Å². The summed E-state index contributed by atoms with van der Waals surface area (Å²) in [7, 11) is 1.87. The fraction of sp³-hybridized carbons (Fsp3) is 0.588. The molecule has 1 amide bonds. The first-order chi connectivity index (χ1) is 10.5. The quantitative estimate of drug-likeness (QED) is 0.838. The minimum absolute atomic E-state index is 0.0267. The maximum absolute atomic E-state index is 12.6. The molecule has 5 heteroatoms. The van der Waals surface area contributed by atoms with Crippen LogP contribution in [0.25, 0.3) is 0 Å². The van der Waals surface area contributed by atoms with Crippen LogP contribution in [0.2, 0.25) is 5.02 Å². The molecule has 1 atom stereocenters. The molecule has 0 bridgehead atoms. The van der Waals surface area contributed by atoms with Crippen molar-refractivity contribution in [1.29, 1.82) is 0 Å². The number of aliphatic hydroxyl groups is 1. The Hall–Kier alpha value is -1.10. The summed E-state index contributed by atoms with van der Waals surface area (Å²) in [4.78, 5) is 16.7. The molecule has 1 unspecified atom stereocenters. The monoisotopic (exact) mass is 324 g/mol. The van der Waals surface area contributed by atoms with Crippen LogP contribution in [0.4, 0.5) is 0 Å². The normalized spacial score (nSPS) is 17.1. The highest BCUT2D eigenvalue weighted by Crippen LogP contribution is 2.17. The lowest BCUT2D eigenvalue weighted by molar-refractivity contribution is -0.0114. The number of rotatable bonds is 7. The van der Waals surface area contributed by atoms with Gasteiger partial charge in [0.25, 0.3) is 5.91 Å². The van der Waals surface area contributed by atoms with Crippen LogP contribution in [0.3, 0.4) is 0 Å². The molecule has 1 aliphatic heterocycles. The molecular weight excluding hydrogens is 300 g/mol. The molecule has 0 aromatic heterocycles. The van der Waals surface area contributed by atoms with Crippen molar-refractivity contribution in [1.82, 2.24) is 9.80 Å². The Labute approximate surface area is 137 Å². The lowest BCUT2D eigenvalue weighted by atomic mass is 10.0. The average molecular weight is 325 g/mol. The van der Waals surface area contributed by atoms with Gasteiger partial charge in [-0.1, -0.05) is 31.4 Å². The third-order valence-corrected chi connectivity index (χ3v) is 4.51. The van der Waals surface area contributed by atoms with Crippen LogP contribution in [0.5, 0.6) is 0 Å². The van der Waals surface area contributed by atoms with Crippen LogP contribution in [0.15, 0.2) is 24.3 Å². The number of hydrogen-bond acceptors (Lipinski definition) is 3. The standard InChI is InChI=1S/C17H25ClN2O2/c1-3-4-5-15(10-20-11-16(21)12-20)19(2)17(22)13-6-8-14(18)9-7-13/h6-9,15-16,21H,3-5,10-12H2,1-2H3. The van der Waals surface area contributed by atoms with E-state index in [0.717, 1.165) is 25.8 Å². The van der Waals surface area contributed by atoms with E-state index in [0.29, 0.717) is 23.7 Å². The van der Waals surface area contributed by atoms with Gasteiger partial charge in [-0.05, 0) is 30.7 Å². The molecule has 1 saturated heterocycles. The summed E-state index contributed by atoms with van der Waals surface area (Å²) in [6.07, 6.45) is 2.99. The predicted molar refractivity (Wildman–Crippen MR) is 89.3 cm³/mol. The molecule has 0 saturated carbocycles. The highest BCUT2D eigenvalue weighted by atomic mass is 35.5. The first kappa shape index (κ1) is 17.3. The second kappa shape index (κ2) is 7.95. The zero-order valence-corrected chi connectivity index (χ0v) is 14.1. The lowest BCUT2D eigenvalue weighted by Crippen LogP contribution is -2.55. The van der Waals surface area contributed by atoms with Crippen LogP contribution in [0, 0.1) is 0 Å². The molecule has 0 radical (unpaired) electrons. The number of nitrogens with zero attached hydrogens (tertiary/aromatic N) is 2. The summed E-state index contributed by atoms with van der Waals surface area (Å²) in [6, 6.07) is 7.21. The third kappa shape index (κ3) is 4.45. The molecule has 0 aliphatic carbocycles. The average Bonchev–Trinajstić information content (AvgIpc) is 2.48. The van der Waals surface area contributed by atoms with E-state index in [-0.39, 0.29) is 18.1 Å². The van der Waals surface area contributed by atoms with Gasteiger partial charge in [-0.25, -0.2) is 0 Å². The summed E-state index contributed by atoms with van der Waals surface area (Å²) < 4.78 is 0.